The van der Waals surface area contributed by atoms with Crippen LogP contribution in [0.5, 0.6) is 0 Å². The summed E-state index contributed by atoms with van der Waals surface area (Å²) in [5, 5.41) is 0. The fourth-order valence-corrected chi connectivity index (χ4v) is 3.60. The van der Waals surface area contributed by atoms with Gasteiger partial charge in [0.05, 0.1) is 0 Å². The average molecular weight is 258 g/mol. The molecule has 2 aromatic carbocycles. The summed E-state index contributed by atoms with van der Waals surface area (Å²) in [5.74, 6) is 1.10. The maximum absolute atomic E-state index is 2.35. The summed E-state index contributed by atoms with van der Waals surface area (Å²) < 4.78 is 0. The van der Waals surface area contributed by atoms with Crippen molar-refractivity contribution in [1.29, 1.82) is 0 Å². The van der Waals surface area contributed by atoms with Gasteiger partial charge in [-0.2, -0.15) is 0 Å². The van der Waals surface area contributed by atoms with Gasteiger partial charge in [0.25, 0.3) is 0 Å². The first-order chi connectivity index (χ1) is 9.84. The minimum atomic E-state index is 0.546. The molecule has 0 aliphatic heterocycles. The predicted octanol–water partition coefficient (Wildman–Crippen LogP) is 5.10. The molecule has 1 unspecified atom stereocenters. The highest BCUT2D eigenvalue weighted by Gasteiger charge is 2.25. The number of allylic oxidation sites excluding steroid dienone is 4. The molecule has 0 nitrogen and oxygen atoms in total. The quantitative estimate of drug-likeness (QED) is 0.599. The Morgan fingerprint density at radius 1 is 0.900 bits per heavy atom. The van der Waals surface area contributed by atoms with Crippen molar-refractivity contribution in [3.8, 4) is 11.1 Å². The van der Waals surface area contributed by atoms with E-state index < -0.39 is 0 Å². The molecule has 1 atom stereocenters. The van der Waals surface area contributed by atoms with Crippen LogP contribution in [0.3, 0.4) is 0 Å². The highest BCUT2D eigenvalue weighted by molar-refractivity contribution is 5.78. The molecule has 20 heavy (non-hydrogen) atoms. The van der Waals surface area contributed by atoms with Crippen molar-refractivity contribution in [2.24, 2.45) is 5.92 Å². The minimum absolute atomic E-state index is 0.546. The van der Waals surface area contributed by atoms with Gasteiger partial charge in [-0.3, -0.25) is 0 Å². The number of benzene rings is 2. The van der Waals surface area contributed by atoms with Gasteiger partial charge in [0, 0.05) is 5.92 Å². The third-order valence-corrected chi connectivity index (χ3v) is 4.73. The Morgan fingerprint density at radius 3 is 2.50 bits per heavy atom. The molecular formula is C20H18. The van der Waals surface area contributed by atoms with Crippen molar-refractivity contribution in [3.63, 3.8) is 0 Å². The number of rotatable bonds is 2. The molecule has 0 bridgehead atoms. The van der Waals surface area contributed by atoms with E-state index in [1.165, 1.54) is 27.8 Å². The lowest BCUT2D eigenvalue weighted by atomic mass is 9.84. The van der Waals surface area contributed by atoms with Gasteiger partial charge >= 0.3 is 0 Å². The normalized spacial score (nSPS) is 17.2. The topological polar surface area (TPSA) is 0 Å². The van der Waals surface area contributed by atoms with Crippen molar-refractivity contribution < 1.29 is 0 Å². The van der Waals surface area contributed by atoms with Crippen LogP contribution in [-0.2, 0) is 6.42 Å². The third kappa shape index (κ3) is 1.68. The third-order valence-electron chi connectivity index (χ3n) is 4.73. The zero-order chi connectivity index (χ0) is 13.5. The van der Waals surface area contributed by atoms with Gasteiger partial charge in [-0.25, -0.2) is 0 Å². The van der Waals surface area contributed by atoms with Crippen LogP contribution < -0.4 is 0 Å². The predicted molar refractivity (Wildman–Crippen MR) is 84.9 cm³/mol. The summed E-state index contributed by atoms with van der Waals surface area (Å²) in [5.41, 5.74) is 7.39. The molecule has 0 fully saturated rings. The van der Waals surface area contributed by atoms with Crippen LogP contribution in [0.15, 0.2) is 66.8 Å². The van der Waals surface area contributed by atoms with E-state index in [0.717, 1.165) is 6.42 Å². The molecule has 98 valence electrons. The van der Waals surface area contributed by atoms with Crippen molar-refractivity contribution in [3.05, 3.63) is 83.5 Å². The Kier molecular flexibility index (Phi) is 2.63. The van der Waals surface area contributed by atoms with Crippen molar-refractivity contribution in [2.45, 2.75) is 19.3 Å². The van der Waals surface area contributed by atoms with Crippen LogP contribution in [0.1, 0.15) is 29.5 Å². The minimum Gasteiger partial charge on any atom is -0.0770 e. The van der Waals surface area contributed by atoms with Crippen LogP contribution in [0, 0.1) is 5.92 Å². The van der Waals surface area contributed by atoms with Crippen LogP contribution in [0.4, 0.5) is 0 Å². The summed E-state index contributed by atoms with van der Waals surface area (Å²) >= 11 is 0. The molecule has 0 radical (unpaired) electrons. The number of hydrogen-bond donors (Lipinski definition) is 0. The highest BCUT2D eigenvalue weighted by Crippen LogP contribution is 2.42. The Hall–Kier alpha value is -2.08. The second-order valence-electron chi connectivity index (χ2n) is 5.84. The molecule has 0 heteroatoms. The zero-order valence-corrected chi connectivity index (χ0v) is 11.7. The van der Waals surface area contributed by atoms with E-state index in [2.05, 4.69) is 73.7 Å². The van der Waals surface area contributed by atoms with Gasteiger partial charge in [0.1, 0.15) is 0 Å². The molecule has 2 aliphatic carbocycles. The largest absolute Gasteiger partial charge is 0.0770 e. The molecule has 2 aliphatic rings. The fourth-order valence-electron chi connectivity index (χ4n) is 3.60. The summed E-state index contributed by atoms with van der Waals surface area (Å²) in [6.45, 7) is 2.35. The van der Waals surface area contributed by atoms with Crippen molar-refractivity contribution in [1.82, 2.24) is 0 Å². The lowest BCUT2D eigenvalue weighted by Gasteiger charge is -2.20. The molecule has 0 aromatic heterocycles. The van der Waals surface area contributed by atoms with Gasteiger partial charge in [-0.1, -0.05) is 73.7 Å². The second-order valence-corrected chi connectivity index (χ2v) is 5.84. The van der Waals surface area contributed by atoms with E-state index in [-0.39, 0.29) is 0 Å². The van der Waals surface area contributed by atoms with Crippen LogP contribution >= 0.6 is 0 Å². The maximum Gasteiger partial charge on any atom is 0.00190 e. The second kappa shape index (κ2) is 4.49. The molecule has 0 N–H and O–H groups in total. The molecular weight excluding hydrogens is 240 g/mol. The van der Waals surface area contributed by atoms with Gasteiger partial charge in [0.15, 0.2) is 0 Å². The van der Waals surface area contributed by atoms with E-state index in [1.54, 1.807) is 0 Å². The smallest absolute Gasteiger partial charge is 0.00190 e. The van der Waals surface area contributed by atoms with E-state index >= 15 is 0 Å². The summed E-state index contributed by atoms with van der Waals surface area (Å²) in [7, 11) is 0. The summed E-state index contributed by atoms with van der Waals surface area (Å²) in [6, 6.07) is 15.6. The molecule has 0 saturated carbocycles. The zero-order valence-electron chi connectivity index (χ0n) is 11.7. The molecule has 0 spiro atoms. The maximum atomic E-state index is 2.35. The summed E-state index contributed by atoms with van der Waals surface area (Å²) in [4.78, 5) is 0. The Morgan fingerprint density at radius 2 is 1.65 bits per heavy atom. The van der Waals surface area contributed by atoms with Gasteiger partial charge in [-0.15, -0.1) is 0 Å². The molecule has 2 aromatic rings. The Labute approximate surface area is 120 Å². The monoisotopic (exact) mass is 258 g/mol. The average Bonchev–Trinajstić information content (AvgIpc) is 3.13. The van der Waals surface area contributed by atoms with Gasteiger partial charge in [0.2, 0.25) is 0 Å². The lowest BCUT2D eigenvalue weighted by molar-refractivity contribution is 0.649. The lowest BCUT2D eigenvalue weighted by Crippen LogP contribution is -2.06. The van der Waals surface area contributed by atoms with Crippen LogP contribution in [0.25, 0.3) is 11.1 Å². The Balaban J connectivity index is 1.81. The first-order valence-corrected chi connectivity index (χ1v) is 7.39. The first kappa shape index (κ1) is 11.7. The summed E-state index contributed by atoms with van der Waals surface area (Å²) in [6.07, 6.45) is 10.0. The SMILES string of the molecule is CC(c1cccc2c1Cc1ccccc1-2)C1C=CC=C1. The first-order valence-electron chi connectivity index (χ1n) is 7.39. The standard InChI is InChI=1S/C20H18/c1-14(15-7-2-3-8-15)17-11-6-12-19-18-10-5-4-9-16(18)13-20(17)19/h2-12,14-15H,13H2,1H3. The van der Waals surface area contributed by atoms with Crippen LogP contribution in [-0.4, -0.2) is 0 Å². The van der Waals surface area contributed by atoms with Crippen LogP contribution in [0.2, 0.25) is 0 Å². The van der Waals surface area contributed by atoms with Crippen molar-refractivity contribution in [2.75, 3.05) is 0 Å². The van der Waals surface area contributed by atoms with E-state index in [4.69, 9.17) is 0 Å². The Bertz CT molecular complexity index is 707. The highest BCUT2D eigenvalue weighted by atomic mass is 14.3. The fraction of sp³-hybridized carbons (Fsp3) is 0.200. The van der Waals surface area contributed by atoms with E-state index in [1.807, 2.05) is 0 Å². The molecule has 0 heterocycles. The van der Waals surface area contributed by atoms with E-state index in [0.29, 0.717) is 11.8 Å². The molecule has 4 rings (SSSR count). The number of hydrogen-bond acceptors (Lipinski definition) is 0. The van der Waals surface area contributed by atoms with Crippen molar-refractivity contribution >= 4 is 0 Å². The van der Waals surface area contributed by atoms with E-state index in [9.17, 15) is 0 Å². The van der Waals surface area contributed by atoms with Gasteiger partial charge in [-0.05, 0) is 40.2 Å². The molecule has 0 saturated heterocycles. The molecule has 0 amide bonds. The number of fused-ring (bicyclic) bond motifs is 3. The van der Waals surface area contributed by atoms with Gasteiger partial charge < -0.3 is 0 Å².